The first kappa shape index (κ1) is 15.3. The fraction of sp³-hybridized carbons (Fsp3) is 0.643. The molecule has 3 nitrogen and oxygen atoms in total. The Kier molecular flexibility index (Phi) is 6.47. The highest BCUT2D eigenvalue weighted by molar-refractivity contribution is 9.09. The van der Waals surface area contributed by atoms with Gasteiger partial charge >= 0.3 is 0 Å². The van der Waals surface area contributed by atoms with Crippen LogP contribution in [0.3, 0.4) is 0 Å². The van der Waals surface area contributed by atoms with Gasteiger partial charge in [-0.2, -0.15) is 0 Å². The molecular weight excluding hydrogens is 294 g/mol. The van der Waals surface area contributed by atoms with Gasteiger partial charge in [-0.1, -0.05) is 36.7 Å². The average molecular weight is 316 g/mol. The lowest BCUT2D eigenvalue weighted by atomic mass is 10.1. The van der Waals surface area contributed by atoms with E-state index < -0.39 is 0 Å². The van der Waals surface area contributed by atoms with E-state index in [0.29, 0.717) is 11.6 Å². The SMILES string of the molecule is CCc1occc1C(=O)N(CCBr)C(CC)CC. The van der Waals surface area contributed by atoms with Crippen molar-refractivity contribution in [3.63, 3.8) is 0 Å². The minimum absolute atomic E-state index is 0.0914. The summed E-state index contributed by atoms with van der Waals surface area (Å²) in [5, 5.41) is 0.800. The molecule has 0 fully saturated rings. The second-order valence-corrected chi connectivity index (χ2v) is 5.06. The summed E-state index contributed by atoms with van der Waals surface area (Å²) in [4.78, 5) is 14.5. The van der Waals surface area contributed by atoms with Crippen molar-refractivity contribution in [1.29, 1.82) is 0 Å². The van der Waals surface area contributed by atoms with Gasteiger partial charge in [-0.25, -0.2) is 0 Å². The third-order valence-corrected chi connectivity index (χ3v) is 3.62. The predicted octanol–water partition coefficient (Wildman–Crippen LogP) is 3.87. The van der Waals surface area contributed by atoms with Gasteiger partial charge in [-0.3, -0.25) is 4.79 Å². The zero-order valence-corrected chi connectivity index (χ0v) is 13.0. The normalized spacial score (nSPS) is 10.9. The Labute approximate surface area is 118 Å². The lowest BCUT2D eigenvalue weighted by Crippen LogP contribution is -2.41. The molecule has 1 amide bonds. The Morgan fingerprint density at radius 1 is 1.39 bits per heavy atom. The summed E-state index contributed by atoms with van der Waals surface area (Å²) >= 11 is 3.43. The van der Waals surface area contributed by atoms with Crippen LogP contribution >= 0.6 is 15.9 Å². The van der Waals surface area contributed by atoms with E-state index in [0.717, 1.165) is 36.9 Å². The molecule has 0 unspecified atom stereocenters. The number of hydrogen-bond donors (Lipinski definition) is 0. The van der Waals surface area contributed by atoms with E-state index in [1.807, 2.05) is 11.8 Å². The van der Waals surface area contributed by atoms with E-state index in [2.05, 4.69) is 29.8 Å². The lowest BCUT2D eigenvalue weighted by Gasteiger charge is -2.30. The molecule has 0 N–H and O–H groups in total. The number of rotatable bonds is 7. The number of alkyl halides is 1. The fourth-order valence-electron chi connectivity index (χ4n) is 2.23. The molecule has 0 aliphatic carbocycles. The van der Waals surface area contributed by atoms with Gasteiger partial charge in [0.2, 0.25) is 0 Å². The Bertz CT molecular complexity index is 372. The second-order valence-electron chi connectivity index (χ2n) is 4.27. The van der Waals surface area contributed by atoms with E-state index >= 15 is 0 Å². The molecule has 18 heavy (non-hydrogen) atoms. The third kappa shape index (κ3) is 3.37. The Hall–Kier alpha value is -0.770. The molecule has 1 aromatic rings. The summed E-state index contributed by atoms with van der Waals surface area (Å²) < 4.78 is 5.35. The molecule has 0 saturated carbocycles. The molecule has 1 heterocycles. The molecule has 4 heteroatoms. The molecule has 0 saturated heterocycles. The molecule has 0 aliphatic heterocycles. The van der Waals surface area contributed by atoms with Crippen LogP contribution in [0, 0.1) is 0 Å². The van der Waals surface area contributed by atoms with Crippen LogP contribution in [0.15, 0.2) is 16.7 Å². The summed E-state index contributed by atoms with van der Waals surface area (Å²) in [7, 11) is 0. The summed E-state index contributed by atoms with van der Waals surface area (Å²) in [6, 6.07) is 2.08. The highest BCUT2D eigenvalue weighted by atomic mass is 79.9. The van der Waals surface area contributed by atoms with Crippen LogP contribution in [0.4, 0.5) is 0 Å². The summed E-state index contributed by atoms with van der Waals surface area (Å²) in [6.07, 6.45) is 4.31. The van der Waals surface area contributed by atoms with E-state index in [4.69, 9.17) is 4.42 Å². The number of carbonyl (C=O) groups is 1. The van der Waals surface area contributed by atoms with Gasteiger partial charge in [-0.15, -0.1) is 0 Å². The van der Waals surface area contributed by atoms with Crippen molar-refractivity contribution in [2.24, 2.45) is 0 Å². The van der Waals surface area contributed by atoms with Gasteiger partial charge in [0.1, 0.15) is 5.76 Å². The van der Waals surface area contributed by atoms with Gasteiger partial charge < -0.3 is 9.32 Å². The van der Waals surface area contributed by atoms with Gasteiger partial charge in [0.15, 0.2) is 0 Å². The number of amides is 1. The average Bonchev–Trinajstić information content (AvgIpc) is 2.86. The maximum Gasteiger partial charge on any atom is 0.257 e. The van der Waals surface area contributed by atoms with E-state index in [9.17, 15) is 4.79 Å². The van der Waals surface area contributed by atoms with E-state index in [-0.39, 0.29) is 5.91 Å². The Morgan fingerprint density at radius 2 is 2.06 bits per heavy atom. The first-order valence-electron chi connectivity index (χ1n) is 6.62. The van der Waals surface area contributed by atoms with Crippen LogP contribution < -0.4 is 0 Å². The zero-order valence-electron chi connectivity index (χ0n) is 11.4. The molecule has 0 aromatic carbocycles. The van der Waals surface area contributed by atoms with Crippen LogP contribution in [0.5, 0.6) is 0 Å². The van der Waals surface area contributed by atoms with Crippen molar-refractivity contribution in [3.8, 4) is 0 Å². The maximum atomic E-state index is 12.6. The van der Waals surface area contributed by atoms with Crippen molar-refractivity contribution in [1.82, 2.24) is 4.90 Å². The van der Waals surface area contributed by atoms with Gasteiger partial charge in [0.05, 0.1) is 11.8 Å². The number of halogens is 1. The molecule has 0 spiro atoms. The van der Waals surface area contributed by atoms with Crippen LogP contribution in [0.25, 0.3) is 0 Å². The molecule has 0 bridgehead atoms. The van der Waals surface area contributed by atoms with Crippen LogP contribution in [0.1, 0.15) is 49.7 Å². The van der Waals surface area contributed by atoms with Gasteiger partial charge in [-0.05, 0) is 18.9 Å². The maximum absolute atomic E-state index is 12.6. The van der Waals surface area contributed by atoms with E-state index in [1.165, 1.54) is 0 Å². The Morgan fingerprint density at radius 3 is 2.56 bits per heavy atom. The number of hydrogen-bond acceptors (Lipinski definition) is 2. The third-order valence-electron chi connectivity index (χ3n) is 3.27. The molecule has 0 radical (unpaired) electrons. The summed E-state index contributed by atoms with van der Waals surface area (Å²) in [6.45, 7) is 6.98. The zero-order chi connectivity index (χ0) is 13.5. The predicted molar refractivity (Wildman–Crippen MR) is 77.3 cm³/mol. The highest BCUT2D eigenvalue weighted by Crippen LogP contribution is 2.18. The largest absolute Gasteiger partial charge is 0.469 e. The minimum Gasteiger partial charge on any atom is -0.469 e. The standard InChI is InChI=1S/C14H22BrNO2/c1-4-11(5-2)16(9-8-15)14(17)12-7-10-18-13(12)6-3/h7,10-11H,4-6,8-9H2,1-3H3. The van der Waals surface area contributed by atoms with Crippen molar-refractivity contribution in [2.45, 2.75) is 46.1 Å². The lowest BCUT2D eigenvalue weighted by molar-refractivity contribution is 0.0680. The minimum atomic E-state index is 0.0914. The number of carbonyl (C=O) groups excluding carboxylic acids is 1. The molecule has 0 aliphatic rings. The van der Waals surface area contributed by atoms with Gasteiger partial charge in [0, 0.05) is 24.3 Å². The molecule has 1 aromatic heterocycles. The number of nitrogens with zero attached hydrogens (tertiary/aromatic N) is 1. The molecule has 1 rings (SSSR count). The molecule has 102 valence electrons. The van der Waals surface area contributed by atoms with Crippen molar-refractivity contribution >= 4 is 21.8 Å². The highest BCUT2D eigenvalue weighted by Gasteiger charge is 2.24. The number of furan rings is 1. The van der Waals surface area contributed by atoms with Crippen LogP contribution in [-0.4, -0.2) is 28.7 Å². The molecular formula is C14H22BrNO2. The van der Waals surface area contributed by atoms with Gasteiger partial charge in [0.25, 0.3) is 5.91 Å². The number of aryl methyl sites for hydroxylation is 1. The molecule has 0 atom stereocenters. The van der Waals surface area contributed by atoms with Crippen LogP contribution in [0.2, 0.25) is 0 Å². The quantitative estimate of drug-likeness (QED) is 0.716. The van der Waals surface area contributed by atoms with Crippen molar-refractivity contribution in [3.05, 3.63) is 23.7 Å². The first-order chi connectivity index (χ1) is 8.69. The smallest absolute Gasteiger partial charge is 0.257 e. The second kappa shape index (κ2) is 7.62. The monoisotopic (exact) mass is 315 g/mol. The Balaban J connectivity index is 2.95. The topological polar surface area (TPSA) is 33.5 Å². The summed E-state index contributed by atoms with van der Waals surface area (Å²) in [5.41, 5.74) is 0.713. The van der Waals surface area contributed by atoms with Crippen LogP contribution in [-0.2, 0) is 6.42 Å². The van der Waals surface area contributed by atoms with Crippen molar-refractivity contribution in [2.75, 3.05) is 11.9 Å². The fourth-order valence-corrected chi connectivity index (χ4v) is 2.61. The van der Waals surface area contributed by atoms with Crippen molar-refractivity contribution < 1.29 is 9.21 Å². The first-order valence-corrected chi connectivity index (χ1v) is 7.74. The summed E-state index contributed by atoms with van der Waals surface area (Å²) in [5.74, 6) is 0.874. The van der Waals surface area contributed by atoms with E-state index in [1.54, 1.807) is 12.3 Å².